The summed E-state index contributed by atoms with van der Waals surface area (Å²) in [6.45, 7) is 1.96. The molecule has 9 heteroatoms. The number of carbonyl (C=O) groups is 1. The van der Waals surface area contributed by atoms with Gasteiger partial charge in [-0.2, -0.15) is 4.31 Å². The molecule has 28 heavy (non-hydrogen) atoms. The molecule has 0 N–H and O–H groups in total. The highest BCUT2D eigenvalue weighted by Crippen LogP contribution is 2.33. The number of piperazine rings is 1. The highest BCUT2D eigenvalue weighted by molar-refractivity contribution is 7.89. The molecule has 0 saturated carbocycles. The smallest absolute Gasteiger partial charge is 0.246 e. The van der Waals surface area contributed by atoms with E-state index in [1.165, 1.54) is 28.8 Å². The van der Waals surface area contributed by atoms with Crippen LogP contribution in [0.5, 0.6) is 11.5 Å². The molecule has 0 aliphatic carbocycles. The number of ether oxygens (including phenoxy) is 2. The zero-order valence-electron chi connectivity index (χ0n) is 15.1. The third-order valence-corrected chi connectivity index (χ3v) is 6.53. The first-order valence-electron chi connectivity index (χ1n) is 8.94. The monoisotopic (exact) mass is 404 g/mol. The number of hydrogen-bond donors (Lipinski definition) is 0. The Labute approximate surface area is 163 Å². The topological polar surface area (TPSA) is 89.3 Å². The predicted molar refractivity (Wildman–Crippen MR) is 101 cm³/mol. The maximum Gasteiger partial charge on any atom is 0.246 e. The van der Waals surface area contributed by atoms with Crippen LogP contribution in [0, 0.1) is 0 Å². The van der Waals surface area contributed by atoms with Crippen molar-refractivity contribution >= 4 is 22.0 Å². The maximum atomic E-state index is 12.9. The van der Waals surface area contributed by atoms with Gasteiger partial charge in [-0.1, -0.05) is 0 Å². The second-order valence-corrected chi connectivity index (χ2v) is 8.32. The normalized spacial score (nSPS) is 17.8. The standard InChI is InChI=1S/C19H20N2O6S/c22-19(6-3-15-2-1-11-25-15)20-7-9-21(10-8-20)28(23,24)16-4-5-17-18(14-16)27-13-12-26-17/h1-6,11,14H,7-10,12-13H2. The average Bonchev–Trinajstić information content (AvgIpc) is 3.25. The van der Waals surface area contributed by atoms with Crippen LogP contribution in [-0.4, -0.2) is 62.9 Å². The zero-order chi connectivity index (χ0) is 19.6. The molecule has 8 nitrogen and oxygen atoms in total. The van der Waals surface area contributed by atoms with Gasteiger partial charge in [-0.15, -0.1) is 0 Å². The number of nitrogens with zero attached hydrogens (tertiary/aromatic N) is 2. The van der Waals surface area contributed by atoms with Crippen LogP contribution in [0.1, 0.15) is 5.76 Å². The third-order valence-electron chi connectivity index (χ3n) is 4.64. The molecule has 0 atom stereocenters. The van der Waals surface area contributed by atoms with Gasteiger partial charge in [0.25, 0.3) is 0 Å². The van der Waals surface area contributed by atoms with E-state index in [2.05, 4.69) is 0 Å². The average molecular weight is 404 g/mol. The predicted octanol–water partition coefficient (Wildman–Crippen LogP) is 1.60. The van der Waals surface area contributed by atoms with E-state index >= 15 is 0 Å². The van der Waals surface area contributed by atoms with Gasteiger partial charge in [0, 0.05) is 38.3 Å². The van der Waals surface area contributed by atoms with Gasteiger partial charge >= 0.3 is 0 Å². The van der Waals surface area contributed by atoms with Crippen LogP contribution >= 0.6 is 0 Å². The summed E-state index contributed by atoms with van der Waals surface area (Å²) in [6, 6.07) is 8.12. The van der Waals surface area contributed by atoms with E-state index in [-0.39, 0.29) is 23.9 Å². The van der Waals surface area contributed by atoms with E-state index in [4.69, 9.17) is 13.9 Å². The Balaban J connectivity index is 1.40. The Hall–Kier alpha value is -2.78. The van der Waals surface area contributed by atoms with E-state index in [0.29, 0.717) is 43.6 Å². The Morgan fingerprint density at radius 2 is 1.75 bits per heavy atom. The first kappa shape index (κ1) is 18.6. The number of sulfonamides is 1. The van der Waals surface area contributed by atoms with Gasteiger partial charge in [0.05, 0.1) is 11.2 Å². The van der Waals surface area contributed by atoms with Gasteiger partial charge in [-0.25, -0.2) is 8.42 Å². The van der Waals surface area contributed by atoms with Crippen molar-refractivity contribution in [3.8, 4) is 11.5 Å². The number of fused-ring (bicyclic) bond motifs is 1. The molecule has 1 amide bonds. The minimum absolute atomic E-state index is 0.161. The van der Waals surface area contributed by atoms with Crippen LogP contribution in [-0.2, 0) is 14.8 Å². The second-order valence-electron chi connectivity index (χ2n) is 6.38. The summed E-state index contributed by atoms with van der Waals surface area (Å²) >= 11 is 0. The quantitative estimate of drug-likeness (QED) is 0.719. The Morgan fingerprint density at radius 1 is 1.00 bits per heavy atom. The summed E-state index contributed by atoms with van der Waals surface area (Å²) in [5, 5.41) is 0. The highest BCUT2D eigenvalue weighted by Gasteiger charge is 2.30. The molecule has 1 aromatic heterocycles. The van der Waals surface area contributed by atoms with Crippen LogP contribution in [0.25, 0.3) is 6.08 Å². The first-order chi connectivity index (χ1) is 13.5. The lowest BCUT2D eigenvalue weighted by Gasteiger charge is -2.33. The third kappa shape index (κ3) is 3.76. The number of amides is 1. The molecule has 1 aromatic carbocycles. The fraction of sp³-hybridized carbons (Fsp3) is 0.316. The van der Waals surface area contributed by atoms with Gasteiger partial charge in [0.15, 0.2) is 11.5 Å². The second kappa shape index (κ2) is 7.69. The van der Waals surface area contributed by atoms with Crippen molar-refractivity contribution in [2.75, 3.05) is 39.4 Å². The van der Waals surface area contributed by atoms with Crippen molar-refractivity contribution < 1.29 is 27.1 Å². The van der Waals surface area contributed by atoms with E-state index in [1.807, 2.05) is 0 Å². The number of hydrogen-bond acceptors (Lipinski definition) is 6. The largest absolute Gasteiger partial charge is 0.486 e. The molecule has 148 valence electrons. The van der Waals surface area contributed by atoms with Gasteiger partial charge in [0.1, 0.15) is 19.0 Å². The van der Waals surface area contributed by atoms with Crippen molar-refractivity contribution in [1.82, 2.24) is 9.21 Å². The van der Waals surface area contributed by atoms with E-state index in [1.54, 1.807) is 29.2 Å². The molecule has 2 aliphatic rings. The lowest BCUT2D eigenvalue weighted by molar-refractivity contribution is -0.127. The summed E-state index contributed by atoms with van der Waals surface area (Å²) in [7, 11) is -3.67. The zero-order valence-corrected chi connectivity index (χ0v) is 15.9. The SMILES string of the molecule is O=C(C=Cc1ccco1)N1CCN(S(=O)(=O)c2ccc3c(c2)OCCO3)CC1. The summed E-state index contributed by atoms with van der Waals surface area (Å²) in [6.07, 6.45) is 4.57. The molecule has 4 rings (SSSR count). The Kier molecular flexibility index (Phi) is 5.10. The minimum Gasteiger partial charge on any atom is -0.486 e. The van der Waals surface area contributed by atoms with E-state index < -0.39 is 10.0 Å². The lowest BCUT2D eigenvalue weighted by atomic mass is 10.3. The molecule has 0 unspecified atom stereocenters. The number of benzene rings is 1. The van der Waals surface area contributed by atoms with Crippen molar-refractivity contribution in [3.05, 3.63) is 48.4 Å². The molecular weight excluding hydrogens is 384 g/mol. The van der Waals surface area contributed by atoms with Crippen molar-refractivity contribution in [3.63, 3.8) is 0 Å². The van der Waals surface area contributed by atoms with Gasteiger partial charge in [0.2, 0.25) is 15.9 Å². The number of carbonyl (C=O) groups excluding carboxylic acids is 1. The molecule has 1 fully saturated rings. The summed E-state index contributed by atoms with van der Waals surface area (Å²) in [5.74, 6) is 1.40. The summed E-state index contributed by atoms with van der Waals surface area (Å²) in [5.41, 5.74) is 0. The molecule has 0 bridgehead atoms. The van der Waals surface area contributed by atoms with Crippen LogP contribution in [0.4, 0.5) is 0 Å². The molecule has 2 aliphatic heterocycles. The van der Waals surface area contributed by atoms with Crippen LogP contribution in [0.2, 0.25) is 0 Å². The van der Waals surface area contributed by atoms with Gasteiger partial charge in [-0.3, -0.25) is 4.79 Å². The van der Waals surface area contributed by atoms with Gasteiger partial charge < -0.3 is 18.8 Å². The molecule has 0 radical (unpaired) electrons. The van der Waals surface area contributed by atoms with Crippen molar-refractivity contribution in [1.29, 1.82) is 0 Å². The molecule has 0 spiro atoms. The Morgan fingerprint density at radius 3 is 2.46 bits per heavy atom. The van der Waals surface area contributed by atoms with Crippen molar-refractivity contribution in [2.24, 2.45) is 0 Å². The van der Waals surface area contributed by atoms with Crippen LogP contribution < -0.4 is 9.47 Å². The first-order valence-corrected chi connectivity index (χ1v) is 10.4. The molecule has 3 heterocycles. The Bertz CT molecular complexity index is 976. The van der Waals surface area contributed by atoms with Crippen LogP contribution in [0.3, 0.4) is 0 Å². The van der Waals surface area contributed by atoms with Crippen LogP contribution in [0.15, 0.2) is 52.0 Å². The van der Waals surface area contributed by atoms with Crippen molar-refractivity contribution in [2.45, 2.75) is 4.90 Å². The number of furan rings is 1. The minimum atomic E-state index is -3.67. The summed E-state index contributed by atoms with van der Waals surface area (Å²) < 4.78 is 43.3. The maximum absolute atomic E-state index is 12.9. The van der Waals surface area contributed by atoms with E-state index in [0.717, 1.165) is 0 Å². The molecular formula is C19H20N2O6S. The molecule has 1 saturated heterocycles. The fourth-order valence-corrected chi connectivity index (χ4v) is 4.57. The van der Waals surface area contributed by atoms with Gasteiger partial charge in [-0.05, 0) is 30.3 Å². The summed E-state index contributed by atoms with van der Waals surface area (Å²) in [4.78, 5) is 14.1. The fourth-order valence-electron chi connectivity index (χ4n) is 3.13. The highest BCUT2D eigenvalue weighted by atomic mass is 32.2. The van der Waals surface area contributed by atoms with E-state index in [9.17, 15) is 13.2 Å². The number of rotatable bonds is 4. The molecule has 2 aromatic rings. The lowest BCUT2D eigenvalue weighted by Crippen LogP contribution is -2.50.